The Balaban J connectivity index is 3.05. The van der Waals surface area contributed by atoms with E-state index in [1.807, 2.05) is 0 Å². The molecule has 0 aliphatic carbocycles. The Labute approximate surface area is 136 Å². The van der Waals surface area contributed by atoms with Crippen molar-refractivity contribution in [2.45, 2.75) is 26.9 Å². The number of ether oxygens (including phenoxy) is 1. The minimum atomic E-state index is -4.76. The molecule has 9 heteroatoms. The first-order valence-electron chi connectivity index (χ1n) is 6.83. The predicted molar refractivity (Wildman–Crippen MR) is 76.3 cm³/mol. The third kappa shape index (κ3) is 4.94. The number of carbonyl (C=O) groups is 2. The highest BCUT2D eigenvalue weighted by molar-refractivity contribution is 5.95. The molecular weight excluding hydrogens is 327 g/mol. The van der Waals surface area contributed by atoms with Crippen molar-refractivity contribution in [1.29, 1.82) is 5.26 Å². The van der Waals surface area contributed by atoms with Crippen LogP contribution >= 0.6 is 0 Å². The molecule has 0 fully saturated rings. The lowest BCUT2D eigenvalue weighted by atomic mass is 9.97. The monoisotopic (exact) mass is 343 g/mol. The van der Waals surface area contributed by atoms with Crippen molar-refractivity contribution in [2.24, 2.45) is 5.41 Å². The van der Waals surface area contributed by atoms with Gasteiger partial charge in [-0.25, -0.2) is 0 Å². The van der Waals surface area contributed by atoms with Crippen molar-refractivity contribution in [3.05, 3.63) is 29.6 Å². The van der Waals surface area contributed by atoms with Gasteiger partial charge >= 0.3 is 12.1 Å². The van der Waals surface area contributed by atoms with Crippen molar-refractivity contribution < 1.29 is 27.5 Å². The summed E-state index contributed by atoms with van der Waals surface area (Å²) in [4.78, 5) is 28.3. The molecule has 0 bridgehead atoms. The number of nitriles is 1. The van der Waals surface area contributed by atoms with Gasteiger partial charge in [0.1, 0.15) is 6.54 Å². The zero-order valence-electron chi connectivity index (χ0n) is 13.3. The Hall–Kier alpha value is -2.63. The summed E-state index contributed by atoms with van der Waals surface area (Å²) in [7, 11) is 0. The molecule has 0 saturated heterocycles. The maximum absolute atomic E-state index is 13.0. The summed E-state index contributed by atoms with van der Waals surface area (Å²) in [6.07, 6.45) is -3.08. The number of aromatic nitrogens is 1. The number of nitrogens with zero attached hydrogens (tertiary/aromatic N) is 3. The van der Waals surface area contributed by atoms with Gasteiger partial charge in [0.25, 0.3) is 5.91 Å². The summed E-state index contributed by atoms with van der Waals surface area (Å²) in [6.45, 7) is 3.56. The number of rotatable bonds is 4. The number of pyridine rings is 1. The van der Waals surface area contributed by atoms with E-state index in [0.717, 1.165) is 12.4 Å². The van der Waals surface area contributed by atoms with Crippen LogP contribution < -0.4 is 0 Å². The second kappa shape index (κ2) is 7.29. The Bertz CT molecular complexity index is 660. The van der Waals surface area contributed by atoms with Crippen LogP contribution in [0.25, 0.3) is 0 Å². The molecule has 0 aliphatic rings. The number of hydrogen-bond acceptors (Lipinski definition) is 5. The van der Waals surface area contributed by atoms with Crippen LogP contribution in [0.15, 0.2) is 18.5 Å². The average Bonchev–Trinajstić information content (AvgIpc) is 2.48. The molecule has 0 spiro atoms. The van der Waals surface area contributed by atoms with Crippen molar-refractivity contribution in [1.82, 2.24) is 9.88 Å². The highest BCUT2D eigenvalue weighted by Gasteiger charge is 2.36. The molecule has 0 saturated carbocycles. The zero-order valence-corrected chi connectivity index (χ0v) is 13.3. The molecule has 0 unspecified atom stereocenters. The molecule has 1 aromatic heterocycles. The third-order valence-electron chi connectivity index (χ3n) is 2.87. The van der Waals surface area contributed by atoms with E-state index in [1.165, 1.54) is 0 Å². The topological polar surface area (TPSA) is 83.3 Å². The van der Waals surface area contributed by atoms with Crippen LogP contribution in [-0.4, -0.2) is 35.0 Å². The maximum atomic E-state index is 13.0. The standard InChI is InChI=1S/C15H16F3N3O3/c1-14(2,3)13(23)24-9-21(7-5-19)12(22)10-8-20-6-4-11(10)15(16,17)18/h4,6,8H,7,9H2,1-3H3. The van der Waals surface area contributed by atoms with Gasteiger partial charge in [-0.05, 0) is 26.8 Å². The van der Waals surface area contributed by atoms with Gasteiger partial charge in [0.15, 0.2) is 6.73 Å². The second-order valence-electron chi connectivity index (χ2n) is 5.89. The Morgan fingerprint density at radius 3 is 2.46 bits per heavy atom. The minimum absolute atomic E-state index is 0.539. The fraction of sp³-hybridized carbons (Fsp3) is 0.467. The SMILES string of the molecule is CC(C)(C)C(=O)OCN(CC#N)C(=O)c1cnccc1C(F)(F)F. The van der Waals surface area contributed by atoms with Gasteiger partial charge in [0, 0.05) is 12.4 Å². The molecule has 1 amide bonds. The van der Waals surface area contributed by atoms with Gasteiger partial charge in [-0.2, -0.15) is 18.4 Å². The van der Waals surface area contributed by atoms with Gasteiger partial charge in [-0.3, -0.25) is 19.5 Å². The molecule has 24 heavy (non-hydrogen) atoms. The van der Waals surface area contributed by atoms with Crippen LogP contribution in [-0.2, 0) is 15.7 Å². The molecule has 0 atom stereocenters. The molecular formula is C15H16F3N3O3. The van der Waals surface area contributed by atoms with Crippen LogP contribution in [0.5, 0.6) is 0 Å². The van der Waals surface area contributed by atoms with Gasteiger partial charge < -0.3 is 4.74 Å². The van der Waals surface area contributed by atoms with E-state index in [9.17, 15) is 22.8 Å². The van der Waals surface area contributed by atoms with Crippen molar-refractivity contribution >= 4 is 11.9 Å². The second-order valence-corrected chi connectivity index (χ2v) is 5.89. The highest BCUT2D eigenvalue weighted by atomic mass is 19.4. The molecule has 130 valence electrons. The zero-order chi connectivity index (χ0) is 18.5. The van der Waals surface area contributed by atoms with Gasteiger partial charge in [-0.15, -0.1) is 0 Å². The van der Waals surface area contributed by atoms with E-state index in [-0.39, 0.29) is 0 Å². The molecule has 1 rings (SSSR count). The van der Waals surface area contributed by atoms with Crippen LogP contribution in [0.2, 0.25) is 0 Å². The van der Waals surface area contributed by atoms with Crippen molar-refractivity contribution in [2.75, 3.05) is 13.3 Å². The van der Waals surface area contributed by atoms with E-state index in [4.69, 9.17) is 10.00 Å². The lowest BCUT2D eigenvalue weighted by Crippen LogP contribution is -2.37. The molecule has 1 heterocycles. The fourth-order valence-corrected chi connectivity index (χ4v) is 1.60. The largest absolute Gasteiger partial charge is 0.444 e. The summed E-state index contributed by atoms with van der Waals surface area (Å²) in [5.74, 6) is -1.75. The van der Waals surface area contributed by atoms with Crippen LogP contribution in [0, 0.1) is 16.7 Å². The Kier molecular flexibility index (Phi) is 5.90. The summed E-state index contributed by atoms with van der Waals surface area (Å²) in [6, 6.07) is 2.32. The van der Waals surface area contributed by atoms with E-state index < -0.39 is 47.9 Å². The number of esters is 1. The third-order valence-corrected chi connectivity index (χ3v) is 2.87. The number of alkyl halides is 3. The number of halogens is 3. The van der Waals surface area contributed by atoms with Gasteiger partial charge in [0.2, 0.25) is 0 Å². The van der Waals surface area contributed by atoms with Crippen molar-refractivity contribution in [3.63, 3.8) is 0 Å². The number of hydrogen-bond donors (Lipinski definition) is 0. The van der Waals surface area contributed by atoms with E-state index in [0.29, 0.717) is 11.0 Å². The van der Waals surface area contributed by atoms with E-state index in [1.54, 1.807) is 26.8 Å². The summed E-state index contributed by atoms with van der Waals surface area (Å²) in [5.41, 5.74) is -2.74. The smallest absolute Gasteiger partial charge is 0.417 e. The highest BCUT2D eigenvalue weighted by Crippen LogP contribution is 2.32. The van der Waals surface area contributed by atoms with Crippen molar-refractivity contribution in [3.8, 4) is 6.07 Å². The van der Waals surface area contributed by atoms with Crippen LogP contribution in [0.4, 0.5) is 13.2 Å². The molecule has 0 radical (unpaired) electrons. The minimum Gasteiger partial charge on any atom is -0.444 e. The summed E-state index contributed by atoms with van der Waals surface area (Å²) >= 11 is 0. The lowest BCUT2D eigenvalue weighted by Gasteiger charge is -2.23. The molecule has 0 aromatic carbocycles. The maximum Gasteiger partial charge on any atom is 0.417 e. The summed E-state index contributed by atoms with van der Waals surface area (Å²) < 4.78 is 43.8. The summed E-state index contributed by atoms with van der Waals surface area (Å²) in [5, 5.41) is 8.76. The predicted octanol–water partition coefficient (Wildman–Crippen LogP) is 2.61. The lowest BCUT2D eigenvalue weighted by molar-refractivity contribution is -0.156. The van der Waals surface area contributed by atoms with Crippen LogP contribution in [0.1, 0.15) is 36.7 Å². The fourth-order valence-electron chi connectivity index (χ4n) is 1.60. The van der Waals surface area contributed by atoms with E-state index >= 15 is 0 Å². The molecule has 1 aromatic rings. The molecule has 0 N–H and O–H groups in total. The van der Waals surface area contributed by atoms with E-state index in [2.05, 4.69) is 4.98 Å². The number of amides is 1. The van der Waals surface area contributed by atoms with Crippen LogP contribution in [0.3, 0.4) is 0 Å². The van der Waals surface area contributed by atoms with Gasteiger partial charge in [0.05, 0.1) is 22.6 Å². The molecule has 6 nitrogen and oxygen atoms in total. The first-order chi connectivity index (χ1) is 11.0. The average molecular weight is 343 g/mol. The number of carbonyl (C=O) groups excluding carboxylic acids is 2. The normalized spacial score (nSPS) is 11.5. The quantitative estimate of drug-likeness (QED) is 0.477. The molecule has 0 aliphatic heterocycles. The first kappa shape index (κ1) is 19.4. The Morgan fingerprint density at radius 2 is 1.96 bits per heavy atom. The first-order valence-corrected chi connectivity index (χ1v) is 6.83. The Morgan fingerprint density at radius 1 is 1.33 bits per heavy atom. The van der Waals surface area contributed by atoms with Gasteiger partial charge in [-0.1, -0.05) is 0 Å².